The maximum atomic E-state index is 14.2. The normalized spacial score (nSPS) is 24.6. The highest BCUT2D eigenvalue weighted by molar-refractivity contribution is 5.25. The van der Waals surface area contributed by atoms with E-state index < -0.39 is 0 Å². The van der Waals surface area contributed by atoms with Crippen LogP contribution in [0.25, 0.3) is 0 Å². The molecule has 0 aromatic heterocycles. The van der Waals surface area contributed by atoms with E-state index in [-0.39, 0.29) is 5.82 Å². The topological polar surface area (TPSA) is 0 Å². The Bertz CT molecular complexity index is 650. The van der Waals surface area contributed by atoms with Gasteiger partial charge < -0.3 is 0 Å². The molecule has 0 spiro atoms. The number of unbranched alkanes of at least 4 members (excludes halogenated alkanes) is 1. The first kappa shape index (κ1) is 23.6. The molecule has 1 atom stereocenters. The number of allylic oxidation sites excluding steroid dienone is 2. The number of hydrogen-bond acceptors (Lipinski definition) is 0. The van der Waals surface area contributed by atoms with E-state index in [9.17, 15) is 4.39 Å². The second-order valence-corrected chi connectivity index (χ2v) is 10.3. The minimum Gasteiger partial charge on any atom is -0.207 e. The SMILES string of the molecule is CCCC[C@H]1CC[C@H](CCC2CC=C(CCc3ccc(CCC)c(F)c3)CC2)CC1. The Morgan fingerprint density at radius 3 is 2.17 bits per heavy atom. The summed E-state index contributed by atoms with van der Waals surface area (Å²) in [5, 5.41) is 0. The van der Waals surface area contributed by atoms with E-state index in [1.165, 1.54) is 77.0 Å². The standard InChI is InChI=1S/C29H45F/c1-3-5-7-23-8-10-24(11-9-23)12-13-25-14-16-26(17-15-25)18-19-27-20-21-28(6-4-2)29(30)22-27/h16,20-25H,3-15,17-19H2,1-2H3/t23-,24-,25?. The number of rotatable bonds is 11. The summed E-state index contributed by atoms with van der Waals surface area (Å²) in [7, 11) is 0. The van der Waals surface area contributed by atoms with Gasteiger partial charge in [-0.1, -0.05) is 95.4 Å². The number of hydrogen-bond donors (Lipinski definition) is 0. The van der Waals surface area contributed by atoms with Gasteiger partial charge in [0, 0.05) is 0 Å². The highest BCUT2D eigenvalue weighted by Crippen LogP contribution is 2.37. The van der Waals surface area contributed by atoms with Crippen molar-refractivity contribution in [2.75, 3.05) is 0 Å². The number of aryl methyl sites for hydroxylation is 2. The molecule has 2 aliphatic carbocycles. The van der Waals surface area contributed by atoms with Crippen molar-refractivity contribution in [2.45, 2.75) is 117 Å². The molecule has 0 N–H and O–H groups in total. The van der Waals surface area contributed by atoms with Gasteiger partial charge in [0.2, 0.25) is 0 Å². The van der Waals surface area contributed by atoms with Crippen molar-refractivity contribution in [3.63, 3.8) is 0 Å². The molecular weight excluding hydrogens is 367 g/mol. The molecule has 0 nitrogen and oxygen atoms in total. The molecule has 1 heteroatoms. The predicted octanol–water partition coefficient (Wildman–Crippen LogP) is 9.21. The van der Waals surface area contributed by atoms with Crippen LogP contribution in [0, 0.1) is 23.6 Å². The second kappa shape index (κ2) is 12.7. The van der Waals surface area contributed by atoms with E-state index in [2.05, 4.69) is 26.0 Å². The molecule has 30 heavy (non-hydrogen) atoms. The Kier molecular flexibility index (Phi) is 9.95. The number of benzene rings is 1. The molecule has 3 rings (SSSR count). The van der Waals surface area contributed by atoms with E-state index in [1.807, 2.05) is 6.07 Å². The molecule has 1 saturated carbocycles. The quantitative estimate of drug-likeness (QED) is 0.318. The fraction of sp³-hybridized carbons (Fsp3) is 0.724. The Morgan fingerprint density at radius 1 is 0.800 bits per heavy atom. The molecule has 1 unspecified atom stereocenters. The van der Waals surface area contributed by atoms with Gasteiger partial charge in [0.15, 0.2) is 0 Å². The van der Waals surface area contributed by atoms with E-state index in [4.69, 9.17) is 0 Å². The average Bonchev–Trinajstić information content (AvgIpc) is 2.78. The third-order valence-electron chi connectivity index (χ3n) is 7.90. The van der Waals surface area contributed by atoms with Crippen LogP contribution in [0.5, 0.6) is 0 Å². The Hall–Kier alpha value is -1.11. The van der Waals surface area contributed by atoms with E-state index >= 15 is 0 Å². The fourth-order valence-electron chi connectivity index (χ4n) is 5.73. The first-order valence-corrected chi connectivity index (χ1v) is 13.1. The molecule has 0 heterocycles. The molecule has 1 fully saturated rings. The molecular formula is C29H45F. The highest BCUT2D eigenvalue weighted by atomic mass is 19.1. The molecule has 2 aliphatic rings. The van der Waals surface area contributed by atoms with Crippen molar-refractivity contribution in [1.29, 1.82) is 0 Å². The summed E-state index contributed by atoms with van der Waals surface area (Å²) in [5.74, 6) is 2.96. The van der Waals surface area contributed by atoms with Gasteiger partial charge in [-0.25, -0.2) is 4.39 Å². The van der Waals surface area contributed by atoms with Crippen molar-refractivity contribution in [2.24, 2.45) is 17.8 Å². The fourth-order valence-corrected chi connectivity index (χ4v) is 5.73. The average molecular weight is 413 g/mol. The molecule has 0 bridgehead atoms. The maximum absolute atomic E-state index is 14.2. The summed E-state index contributed by atoms with van der Waals surface area (Å²) in [4.78, 5) is 0. The van der Waals surface area contributed by atoms with Crippen LogP contribution in [0.15, 0.2) is 29.8 Å². The minimum atomic E-state index is -0.00793. The first-order valence-electron chi connectivity index (χ1n) is 13.1. The summed E-state index contributed by atoms with van der Waals surface area (Å²) in [6.07, 6.45) is 23.6. The molecule has 0 amide bonds. The van der Waals surface area contributed by atoms with Gasteiger partial charge in [0.1, 0.15) is 5.82 Å². The lowest BCUT2D eigenvalue weighted by Gasteiger charge is -2.30. The molecule has 0 radical (unpaired) electrons. The predicted molar refractivity (Wildman–Crippen MR) is 128 cm³/mol. The van der Waals surface area contributed by atoms with Crippen LogP contribution in [0.1, 0.15) is 115 Å². The lowest BCUT2D eigenvalue weighted by molar-refractivity contribution is 0.235. The van der Waals surface area contributed by atoms with Gasteiger partial charge in [-0.05, 0) is 79.9 Å². The van der Waals surface area contributed by atoms with Crippen LogP contribution in [0.2, 0.25) is 0 Å². The Morgan fingerprint density at radius 2 is 1.53 bits per heavy atom. The zero-order chi connectivity index (χ0) is 21.2. The first-order chi connectivity index (χ1) is 14.7. The summed E-state index contributed by atoms with van der Waals surface area (Å²) in [6.45, 7) is 4.43. The highest BCUT2D eigenvalue weighted by Gasteiger charge is 2.22. The van der Waals surface area contributed by atoms with Crippen LogP contribution in [0.4, 0.5) is 4.39 Å². The maximum Gasteiger partial charge on any atom is 0.126 e. The third-order valence-corrected chi connectivity index (χ3v) is 7.90. The molecule has 0 aliphatic heterocycles. The summed E-state index contributed by atoms with van der Waals surface area (Å²) in [5.41, 5.74) is 3.64. The molecule has 168 valence electrons. The zero-order valence-corrected chi connectivity index (χ0v) is 19.7. The van der Waals surface area contributed by atoms with E-state index in [1.54, 1.807) is 11.6 Å². The Labute approximate surface area is 185 Å². The van der Waals surface area contributed by atoms with Gasteiger partial charge in [-0.2, -0.15) is 0 Å². The largest absolute Gasteiger partial charge is 0.207 e. The van der Waals surface area contributed by atoms with Crippen molar-refractivity contribution in [3.05, 3.63) is 46.8 Å². The van der Waals surface area contributed by atoms with Gasteiger partial charge in [-0.15, -0.1) is 0 Å². The van der Waals surface area contributed by atoms with Crippen LogP contribution in [-0.2, 0) is 12.8 Å². The molecule has 0 saturated heterocycles. The van der Waals surface area contributed by atoms with Gasteiger partial charge in [0.05, 0.1) is 0 Å². The van der Waals surface area contributed by atoms with Crippen molar-refractivity contribution < 1.29 is 4.39 Å². The third kappa shape index (κ3) is 7.54. The Balaban J connectivity index is 1.33. The van der Waals surface area contributed by atoms with E-state index in [0.717, 1.165) is 54.6 Å². The lowest BCUT2D eigenvalue weighted by atomic mass is 9.76. The van der Waals surface area contributed by atoms with E-state index in [0.29, 0.717) is 0 Å². The van der Waals surface area contributed by atoms with Crippen LogP contribution in [0.3, 0.4) is 0 Å². The smallest absolute Gasteiger partial charge is 0.126 e. The van der Waals surface area contributed by atoms with Crippen molar-refractivity contribution in [1.82, 2.24) is 0 Å². The van der Waals surface area contributed by atoms with Crippen LogP contribution in [-0.4, -0.2) is 0 Å². The summed E-state index contributed by atoms with van der Waals surface area (Å²) >= 11 is 0. The van der Waals surface area contributed by atoms with Gasteiger partial charge in [-0.3, -0.25) is 0 Å². The zero-order valence-electron chi connectivity index (χ0n) is 19.7. The van der Waals surface area contributed by atoms with Crippen LogP contribution >= 0.6 is 0 Å². The summed E-state index contributed by atoms with van der Waals surface area (Å²) < 4.78 is 14.2. The minimum absolute atomic E-state index is 0.00793. The van der Waals surface area contributed by atoms with Gasteiger partial charge in [0.25, 0.3) is 0 Å². The van der Waals surface area contributed by atoms with Gasteiger partial charge >= 0.3 is 0 Å². The summed E-state index contributed by atoms with van der Waals surface area (Å²) in [6, 6.07) is 5.90. The van der Waals surface area contributed by atoms with Crippen LogP contribution < -0.4 is 0 Å². The second-order valence-electron chi connectivity index (χ2n) is 10.3. The monoisotopic (exact) mass is 412 g/mol. The van der Waals surface area contributed by atoms with Crippen molar-refractivity contribution >= 4 is 0 Å². The molecule has 1 aromatic rings. The van der Waals surface area contributed by atoms with Crippen molar-refractivity contribution in [3.8, 4) is 0 Å². The molecule has 1 aromatic carbocycles. The number of halogens is 1. The lowest BCUT2D eigenvalue weighted by Crippen LogP contribution is -2.16.